The summed E-state index contributed by atoms with van der Waals surface area (Å²) in [5.41, 5.74) is 1.06. The number of hydrogen-bond donors (Lipinski definition) is 1. The number of benzene rings is 1. The average Bonchev–Trinajstić information content (AvgIpc) is 3.20. The average molecular weight is 400 g/mol. The van der Waals surface area contributed by atoms with Crippen molar-refractivity contribution in [3.63, 3.8) is 0 Å². The molecule has 0 atom stereocenters. The summed E-state index contributed by atoms with van der Waals surface area (Å²) in [5.74, 6) is 0. The number of aromatic nitrogens is 4. The van der Waals surface area contributed by atoms with Gasteiger partial charge in [0.05, 0.1) is 24.6 Å². The number of nitrogens with one attached hydrogen (secondary N) is 1. The van der Waals surface area contributed by atoms with Gasteiger partial charge in [-0.05, 0) is 19.1 Å². The predicted octanol–water partition coefficient (Wildman–Crippen LogP) is 3.26. The molecular weight excluding hydrogens is 385 g/mol. The maximum atomic E-state index is 12.4. The standard InChI is InChI=1S/C15H15Cl2N5O2S/c1-2-21-9-12(7-19-21)25(23,24)20-11-6-18-22(8-11)10-13-14(16)4-3-5-15(13)17/h3-9,20H,2,10H2,1H3. The zero-order valence-electron chi connectivity index (χ0n) is 13.2. The summed E-state index contributed by atoms with van der Waals surface area (Å²) in [6.07, 6.45) is 5.77. The molecule has 0 spiro atoms. The number of hydrogen-bond acceptors (Lipinski definition) is 4. The van der Waals surface area contributed by atoms with Crippen LogP contribution in [0.4, 0.5) is 5.69 Å². The highest BCUT2D eigenvalue weighted by Gasteiger charge is 2.17. The van der Waals surface area contributed by atoms with Gasteiger partial charge in [0.25, 0.3) is 10.0 Å². The fourth-order valence-corrected chi connectivity index (χ4v) is 3.72. The van der Waals surface area contributed by atoms with Crippen molar-refractivity contribution in [3.8, 4) is 0 Å². The largest absolute Gasteiger partial charge is 0.276 e. The third-order valence-corrected chi connectivity index (χ3v) is 5.56. The van der Waals surface area contributed by atoms with Crippen LogP contribution in [0.5, 0.6) is 0 Å². The van der Waals surface area contributed by atoms with Crippen molar-refractivity contribution in [1.29, 1.82) is 0 Å². The molecule has 3 aromatic rings. The van der Waals surface area contributed by atoms with E-state index in [4.69, 9.17) is 23.2 Å². The van der Waals surface area contributed by atoms with E-state index in [2.05, 4.69) is 14.9 Å². The SMILES string of the molecule is CCn1cc(S(=O)(=O)Nc2cnn(Cc3c(Cl)cccc3Cl)c2)cn1. The highest BCUT2D eigenvalue weighted by atomic mass is 35.5. The van der Waals surface area contributed by atoms with Crippen LogP contribution in [0.25, 0.3) is 0 Å². The van der Waals surface area contributed by atoms with E-state index in [1.54, 1.807) is 29.1 Å². The molecule has 7 nitrogen and oxygen atoms in total. The Morgan fingerprint density at radius 3 is 2.40 bits per heavy atom. The van der Waals surface area contributed by atoms with Crippen molar-refractivity contribution >= 4 is 38.9 Å². The van der Waals surface area contributed by atoms with Crippen LogP contribution in [-0.4, -0.2) is 28.0 Å². The van der Waals surface area contributed by atoms with Crippen molar-refractivity contribution in [3.05, 3.63) is 58.6 Å². The zero-order valence-corrected chi connectivity index (χ0v) is 15.6. The highest BCUT2D eigenvalue weighted by Crippen LogP contribution is 2.25. The van der Waals surface area contributed by atoms with Gasteiger partial charge in [-0.3, -0.25) is 14.1 Å². The molecule has 2 heterocycles. The molecule has 0 saturated carbocycles. The normalized spacial score (nSPS) is 11.6. The molecule has 0 saturated heterocycles. The number of halogens is 2. The monoisotopic (exact) mass is 399 g/mol. The van der Waals surface area contributed by atoms with E-state index >= 15 is 0 Å². The Morgan fingerprint density at radius 1 is 1.08 bits per heavy atom. The molecule has 1 aromatic carbocycles. The van der Waals surface area contributed by atoms with Gasteiger partial charge >= 0.3 is 0 Å². The minimum atomic E-state index is -3.72. The van der Waals surface area contributed by atoms with Gasteiger partial charge in [0.2, 0.25) is 0 Å². The smallest absolute Gasteiger partial charge is 0.265 e. The van der Waals surface area contributed by atoms with E-state index in [1.807, 2.05) is 6.92 Å². The number of nitrogens with zero attached hydrogens (tertiary/aromatic N) is 4. The Labute approximate surface area is 155 Å². The maximum absolute atomic E-state index is 12.4. The van der Waals surface area contributed by atoms with Crippen LogP contribution in [-0.2, 0) is 23.1 Å². The molecule has 0 aliphatic carbocycles. The molecule has 2 aromatic heterocycles. The number of aryl methyl sites for hydroxylation is 1. The Hall–Kier alpha value is -2.03. The first-order valence-electron chi connectivity index (χ1n) is 7.39. The van der Waals surface area contributed by atoms with Crippen molar-refractivity contribution in [2.45, 2.75) is 24.9 Å². The summed E-state index contributed by atoms with van der Waals surface area (Å²) in [7, 11) is -3.72. The van der Waals surface area contributed by atoms with Crippen molar-refractivity contribution in [2.75, 3.05) is 4.72 Å². The highest BCUT2D eigenvalue weighted by molar-refractivity contribution is 7.92. The molecule has 3 rings (SSSR count). The van der Waals surface area contributed by atoms with Crippen LogP contribution in [0.1, 0.15) is 12.5 Å². The summed E-state index contributed by atoms with van der Waals surface area (Å²) >= 11 is 12.3. The fraction of sp³-hybridized carbons (Fsp3) is 0.200. The Bertz CT molecular complexity index is 977. The Balaban J connectivity index is 1.77. The summed E-state index contributed by atoms with van der Waals surface area (Å²) in [4.78, 5) is 0.0937. The van der Waals surface area contributed by atoms with Crippen LogP contribution in [0, 0.1) is 0 Å². The molecule has 10 heteroatoms. The third kappa shape index (κ3) is 3.97. The van der Waals surface area contributed by atoms with E-state index in [-0.39, 0.29) is 4.90 Å². The number of sulfonamides is 1. The summed E-state index contributed by atoms with van der Waals surface area (Å²) in [5, 5.41) is 9.17. The van der Waals surface area contributed by atoms with Crippen LogP contribution >= 0.6 is 23.2 Å². The van der Waals surface area contributed by atoms with Gasteiger partial charge in [-0.1, -0.05) is 29.3 Å². The van der Waals surface area contributed by atoms with Gasteiger partial charge in [0.15, 0.2) is 0 Å². The predicted molar refractivity (Wildman–Crippen MR) is 96.5 cm³/mol. The van der Waals surface area contributed by atoms with Gasteiger partial charge < -0.3 is 0 Å². The molecule has 0 unspecified atom stereocenters. The lowest BCUT2D eigenvalue weighted by Gasteiger charge is -2.07. The third-order valence-electron chi connectivity index (χ3n) is 3.51. The van der Waals surface area contributed by atoms with Crippen molar-refractivity contribution < 1.29 is 8.42 Å². The molecule has 132 valence electrons. The molecule has 0 bridgehead atoms. The van der Waals surface area contributed by atoms with Crippen LogP contribution < -0.4 is 4.72 Å². The molecule has 0 aliphatic heterocycles. The number of rotatable bonds is 6. The Morgan fingerprint density at radius 2 is 1.76 bits per heavy atom. The van der Waals surface area contributed by atoms with Gasteiger partial charge in [0, 0.05) is 34.5 Å². The second kappa shape index (κ2) is 7.07. The Kier molecular flexibility index (Phi) is 5.03. The van der Waals surface area contributed by atoms with E-state index in [1.165, 1.54) is 23.3 Å². The minimum absolute atomic E-state index is 0.0937. The lowest BCUT2D eigenvalue weighted by molar-refractivity contribution is 0.600. The van der Waals surface area contributed by atoms with Gasteiger partial charge in [-0.2, -0.15) is 10.2 Å². The van der Waals surface area contributed by atoms with Gasteiger partial charge in [-0.25, -0.2) is 8.42 Å². The molecule has 0 aliphatic rings. The summed E-state index contributed by atoms with van der Waals surface area (Å²) in [6.45, 7) is 2.79. The lowest BCUT2D eigenvalue weighted by Crippen LogP contribution is -2.12. The number of anilines is 1. The van der Waals surface area contributed by atoms with Crippen LogP contribution in [0.2, 0.25) is 10.0 Å². The summed E-state index contributed by atoms with van der Waals surface area (Å²) < 4.78 is 30.3. The van der Waals surface area contributed by atoms with E-state index in [0.29, 0.717) is 34.4 Å². The summed E-state index contributed by atoms with van der Waals surface area (Å²) in [6, 6.07) is 5.23. The first kappa shape index (κ1) is 17.8. The first-order chi connectivity index (χ1) is 11.9. The second-order valence-corrected chi connectivity index (χ2v) is 7.76. The topological polar surface area (TPSA) is 81.8 Å². The van der Waals surface area contributed by atoms with Gasteiger partial charge in [0.1, 0.15) is 4.90 Å². The maximum Gasteiger partial charge on any atom is 0.265 e. The van der Waals surface area contributed by atoms with Crippen LogP contribution in [0.3, 0.4) is 0 Å². The lowest BCUT2D eigenvalue weighted by atomic mass is 10.2. The zero-order chi connectivity index (χ0) is 18.0. The van der Waals surface area contributed by atoms with Crippen LogP contribution in [0.15, 0.2) is 47.9 Å². The molecule has 25 heavy (non-hydrogen) atoms. The second-order valence-electron chi connectivity index (χ2n) is 5.26. The van der Waals surface area contributed by atoms with Crippen molar-refractivity contribution in [1.82, 2.24) is 19.6 Å². The quantitative estimate of drug-likeness (QED) is 0.689. The molecule has 0 amide bonds. The fourth-order valence-electron chi connectivity index (χ4n) is 2.22. The van der Waals surface area contributed by atoms with E-state index < -0.39 is 10.0 Å². The van der Waals surface area contributed by atoms with Crippen molar-refractivity contribution in [2.24, 2.45) is 0 Å². The van der Waals surface area contributed by atoms with E-state index in [0.717, 1.165) is 0 Å². The molecule has 0 fully saturated rings. The minimum Gasteiger partial charge on any atom is -0.276 e. The first-order valence-corrected chi connectivity index (χ1v) is 9.63. The molecular formula is C15H15Cl2N5O2S. The van der Waals surface area contributed by atoms with Gasteiger partial charge in [-0.15, -0.1) is 0 Å². The van der Waals surface area contributed by atoms with E-state index in [9.17, 15) is 8.42 Å². The molecule has 1 N–H and O–H groups in total. The molecule has 0 radical (unpaired) electrons.